The molecule has 0 saturated heterocycles. The van der Waals surface area contributed by atoms with E-state index >= 15 is 0 Å². The summed E-state index contributed by atoms with van der Waals surface area (Å²) in [6, 6.07) is 12.3. The number of rotatable bonds is 2. The molecule has 0 aromatic heterocycles. The van der Waals surface area contributed by atoms with E-state index in [1.165, 1.54) is 6.07 Å². The fraction of sp³-hybridized carbons (Fsp3) is 0.133. The van der Waals surface area contributed by atoms with Gasteiger partial charge in [-0.1, -0.05) is 30.3 Å². The number of carbonyl (C=O) groups is 1. The Morgan fingerprint density at radius 2 is 1.80 bits per heavy atom. The highest BCUT2D eigenvalue weighted by molar-refractivity contribution is 5.84. The molecular weight excluding hydrogens is 256 g/mol. The van der Waals surface area contributed by atoms with E-state index in [0.717, 1.165) is 16.7 Å². The topological polar surface area (TPSA) is 72.2 Å². The third-order valence-electron chi connectivity index (χ3n) is 3.48. The van der Waals surface area contributed by atoms with Crippen LogP contribution in [-0.2, 0) is 17.8 Å². The van der Waals surface area contributed by atoms with E-state index in [9.17, 15) is 14.9 Å². The van der Waals surface area contributed by atoms with Gasteiger partial charge in [0.25, 0.3) is 5.69 Å². The Morgan fingerprint density at radius 1 is 1.05 bits per heavy atom. The summed E-state index contributed by atoms with van der Waals surface area (Å²) in [5.74, 6) is -0.0165. The molecule has 1 N–H and O–H groups in total. The van der Waals surface area contributed by atoms with Crippen molar-refractivity contribution in [2.45, 2.75) is 13.0 Å². The third kappa shape index (κ3) is 2.03. The van der Waals surface area contributed by atoms with Crippen LogP contribution >= 0.6 is 0 Å². The van der Waals surface area contributed by atoms with Gasteiger partial charge in [0, 0.05) is 12.6 Å². The summed E-state index contributed by atoms with van der Waals surface area (Å²) in [5, 5.41) is 13.9. The van der Waals surface area contributed by atoms with Crippen molar-refractivity contribution >= 4 is 11.6 Å². The molecule has 0 bridgehead atoms. The van der Waals surface area contributed by atoms with Crippen LogP contribution in [0.3, 0.4) is 0 Å². The highest BCUT2D eigenvalue weighted by Crippen LogP contribution is 2.34. The molecule has 3 rings (SSSR count). The Morgan fingerprint density at radius 3 is 2.60 bits per heavy atom. The second-order valence-electron chi connectivity index (χ2n) is 4.67. The molecule has 1 aliphatic rings. The largest absolute Gasteiger partial charge is 0.352 e. The molecule has 5 heteroatoms. The van der Waals surface area contributed by atoms with Crippen molar-refractivity contribution in [1.82, 2.24) is 5.32 Å². The van der Waals surface area contributed by atoms with Crippen LogP contribution in [0.5, 0.6) is 0 Å². The standard InChI is InChI=1S/C15H12N2O3/c18-15-8-10-4-3-6-11(13(10)9-16-15)12-5-1-2-7-14(12)17(19)20/h1-7H,8-9H2,(H,16,18). The maximum absolute atomic E-state index is 11.4. The fourth-order valence-electron chi connectivity index (χ4n) is 2.54. The molecule has 0 fully saturated rings. The summed E-state index contributed by atoms with van der Waals surface area (Å²) < 4.78 is 0. The summed E-state index contributed by atoms with van der Waals surface area (Å²) in [5.41, 5.74) is 3.38. The predicted octanol–water partition coefficient (Wildman–Crippen LogP) is 2.43. The molecule has 1 heterocycles. The minimum absolute atomic E-state index is 0.0165. The third-order valence-corrected chi connectivity index (χ3v) is 3.48. The lowest BCUT2D eigenvalue weighted by atomic mass is 9.91. The Labute approximate surface area is 115 Å². The maximum Gasteiger partial charge on any atom is 0.277 e. The number of para-hydroxylation sites is 1. The van der Waals surface area contributed by atoms with E-state index in [2.05, 4.69) is 5.32 Å². The maximum atomic E-state index is 11.4. The van der Waals surface area contributed by atoms with E-state index < -0.39 is 0 Å². The summed E-state index contributed by atoms with van der Waals surface area (Å²) >= 11 is 0. The summed E-state index contributed by atoms with van der Waals surface area (Å²) in [4.78, 5) is 22.2. The van der Waals surface area contributed by atoms with Crippen LogP contribution in [0.25, 0.3) is 11.1 Å². The zero-order chi connectivity index (χ0) is 14.1. The Hall–Kier alpha value is -2.69. The molecule has 0 atom stereocenters. The zero-order valence-corrected chi connectivity index (χ0v) is 10.6. The van der Waals surface area contributed by atoms with Crippen molar-refractivity contribution < 1.29 is 9.72 Å². The van der Waals surface area contributed by atoms with Crippen LogP contribution in [-0.4, -0.2) is 10.8 Å². The summed E-state index contributed by atoms with van der Waals surface area (Å²) in [6.07, 6.45) is 0.323. The second kappa shape index (κ2) is 4.77. The van der Waals surface area contributed by atoms with E-state index in [0.29, 0.717) is 18.5 Å². The molecule has 1 aliphatic heterocycles. The van der Waals surface area contributed by atoms with Gasteiger partial charge in [0.1, 0.15) is 0 Å². The lowest BCUT2D eigenvalue weighted by molar-refractivity contribution is -0.384. The smallest absolute Gasteiger partial charge is 0.277 e. The van der Waals surface area contributed by atoms with Crippen LogP contribution < -0.4 is 5.32 Å². The molecule has 0 radical (unpaired) electrons. The van der Waals surface area contributed by atoms with Crippen LogP contribution in [0.2, 0.25) is 0 Å². The molecule has 0 unspecified atom stereocenters. The molecule has 2 aromatic rings. The molecule has 100 valence electrons. The minimum Gasteiger partial charge on any atom is -0.352 e. The SMILES string of the molecule is O=C1Cc2cccc(-c3ccccc3[N+](=O)[O-])c2CN1. The van der Waals surface area contributed by atoms with Crippen molar-refractivity contribution in [3.63, 3.8) is 0 Å². The van der Waals surface area contributed by atoms with Crippen molar-refractivity contribution in [2.24, 2.45) is 0 Å². The fourth-order valence-corrected chi connectivity index (χ4v) is 2.54. The Kier molecular flexibility index (Phi) is 2.95. The van der Waals surface area contributed by atoms with Gasteiger partial charge in [-0.05, 0) is 22.8 Å². The van der Waals surface area contributed by atoms with Gasteiger partial charge in [-0.25, -0.2) is 0 Å². The molecule has 2 aromatic carbocycles. The minimum atomic E-state index is -0.379. The number of hydrogen-bond acceptors (Lipinski definition) is 3. The molecule has 0 spiro atoms. The highest BCUT2D eigenvalue weighted by Gasteiger charge is 2.22. The van der Waals surface area contributed by atoms with E-state index in [1.54, 1.807) is 18.2 Å². The van der Waals surface area contributed by atoms with Crippen LogP contribution in [0.1, 0.15) is 11.1 Å². The first kappa shape index (κ1) is 12.3. The van der Waals surface area contributed by atoms with Crippen LogP contribution in [0.4, 0.5) is 5.69 Å². The van der Waals surface area contributed by atoms with E-state index in [4.69, 9.17) is 0 Å². The molecule has 0 saturated carbocycles. The zero-order valence-electron chi connectivity index (χ0n) is 10.6. The molecule has 1 amide bonds. The highest BCUT2D eigenvalue weighted by atomic mass is 16.6. The summed E-state index contributed by atoms with van der Waals surface area (Å²) in [6.45, 7) is 0.413. The first-order chi connectivity index (χ1) is 9.66. The molecule has 0 aliphatic carbocycles. The van der Waals surface area contributed by atoms with Crippen molar-refractivity contribution in [1.29, 1.82) is 0 Å². The number of nitrogens with zero attached hydrogens (tertiary/aromatic N) is 1. The van der Waals surface area contributed by atoms with Crippen LogP contribution in [0.15, 0.2) is 42.5 Å². The van der Waals surface area contributed by atoms with Gasteiger partial charge >= 0.3 is 0 Å². The van der Waals surface area contributed by atoms with Crippen molar-refractivity contribution in [2.75, 3.05) is 0 Å². The Bertz CT molecular complexity index is 710. The van der Waals surface area contributed by atoms with Gasteiger partial charge in [-0.2, -0.15) is 0 Å². The number of nitrogens with one attached hydrogen (secondary N) is 1. The number of nitro benzene ring substituents is 1. The average molecular weight is 268 g/mol. The number of hydrogen-bond donors (Lipinski definition) is 1. The Balaban J connectivity index is 2.19. The second-order valence-corrected chi connectivity index (χ2v) is 4.67. The lowest BCUT2D eigenvalue weighted by Gasteiger charge is -2.20. The van der Waals surface area contributed by atoms with Gasteiger partial charge in [0.05, 0.1) is 16.9 Å². The van der Waals surface area contributed by atoms with Crippen molar-refractivity contribution in [3.8, 4) is 11.1 Å². The number of nitro groups is 1. The van der Waals surface area contributed by atoms with E-state index in [-0.39, 0.29) is 16.5 Å². The van der Waals surface area contributed by atoms with Gasteiger partial charge in [-0.15, -0.1) is 0 Å². The van der Waals surface area contributed by atoms with Crippen molar-refractivity contribution in [3.05, 3.63) is 63.7 Å². The number of benzene rings is 2. The van der Waals surface area contributed by atoms with Gasteiger partial charge in [0.15, 0.2) is 0 Å². The quantitative estimate of drug-likeness (QED) is 0.671. The molecule has 5 nitrogen and oxygen atoms in total. The average Bonchev–Trinajstić information content (AvgIpc) is 2.46. The normalized spacial score (nSPS) is 13.5. The number of amides is 1. The lowest BCUT2D eigenvalue weighted by Crippen LogP contribution is -2.30. The first-order valence-electron chi connectivity index (χ1n) is 6.28. The predicted molar refractivity (Wildman–Crippen MR) is 74.1 cm³/mol. The van der Waals surface area contributed by atoms with Gasteiger partial charge in [-0.3, -0.25) is 14.9 Å². The molecule has 20 heavy (non-hydrogen) atoms. The summed E-state index contributed by atoms with van der Waals surface area (Å²) in [7, 11) is 0. The van der Waals surface area contributed by atoms with Gasteiger partial charge in [0.2, 0.25) is 5.91 Å². The van der Waals surface area contributed by atoms with E-state index in [1.807, 2.05) is 18.2 Å². The monoisotopic (exact) mass is 268 g/mol. The number of carbonyl (C=O) groups excluding carboxylic acids is 1. The van der Waals surface area contributed by atoms with Crippen LogP contribution in [0, 0.1) is 10.1 Å². The molecular formula is C15H12N2O3. The first-order valence-corrected chi connectivity index (χ1v) is 6.28. The number of fused-ring (bicyclic) bond motifs is 1. The van der Waals surface area contributed by atoms with Gasteiger partial charge < -0.3 is 5.32 Å².